The Kier molecular flexibility index (Phi) is 6.67. The summed E-state index contributed by atoms with van der Waals surface area (Å²) in [5.41, 5.74) is 8.09. The minimum absolute atomic E-state index is 0.0552. The standard InChI is InChI=1S/C23H23FN6O4S/c1-14(18-11-16(24)4-6-20(18)30-28-8-9-29-30)34-22-10-15(13-27-23(22)25)19-12-17(35(31,32)26-2)5-7-21(19)33-3/h4-14,26H,1-3H3,(H2,25,27)/t14-/m1/s1. The summed E-state index contributed by atoms with van der Waals surface area (Å²) in [7, 11) is -0.883. The van der Waals surface area contributed by atoms with Crippen LogP contribution in [-0.2, 0) is 10.0 Å². The van der Waals surface area contributed by atoms with Crippen molar-refractivity contribution in [1.29, 1.82) is 0 Å². The second-order valence-electron chi connectivity index (χ2n) is 7.46. The Bertz CT molecular complexity index is 1460. The predicted molar refractivity (Wildman–Crippen MR) is 127 cm³/mol. The van der Waals surface area contributed by atoms with Crippen LogP contribution in [0.1, 0.15) is 18.6 Å². The Hall–Kier alpha value is -4.03. The number of hydrogen-bond donors (Lipinski definition) is 2. The molecule has 4 aromatic rings. The number of nitrogens with zero attached hydrogens (tertiary/aromatic N) is 4. The molecule has 182 valence electrons. The van der Waals surface area contributed by atoms with Gasteiger partial charge in [-0.1, -0.05) is 0 Å². The van der Waals surface area contributed by atoms with Crippen LogP contribution >= 0.6 is 0 Å². The maximum Gasteiger partial charge on any atom is 0.240 e. The first-order chi connectivity index (χ1) is 16.7. The van der Waals surface area contributed by atoms with Crippen molar-refractivity contribution in [2.24, 2.45) is 0 Å². The molecule has 0 saturated heterocycles. The fourth-order valence-electron chi connectivity index (χ4n) is 3.52. The molecule has 3 N–H and O–H groups in total. The number of aromatic nitrogens is 4. The molecule has 2 aromatic carbocycles. The minimum Gasteiger partial charge on any atom is -0.496 e. The quantitative estimate of drug-likeness (QED) is 0.378. The molecule has 0 radical (unpaired) electrons. The SMILES string of the molecule is CNS(=O)(=O)c1ccc(OC)c(-c2cnc(N)c(O[C@H](C)c3cc(F)ccc3-n3nccn3)c2)c1. The molecule has 0 bridgehead atoms. The Morgan fingerprint density at radius 1 is 1.09 bits per heavy atom. The zero-order valence-corrected chi connectivity index (χ0v) is 20.0. The third kappa shape index (κ3) is 4.93. The van der Waals surface area contributed by atoms with Crippen molar-refractivity contribution in [2.75, 3.05) is 19.9 Å². The van der Waals surface area contributed by atoms with Gasteiger partial charge in [-0.25, -0.2) is 22.5 Å². The lowest BCUT2D eigenvalue weighted by atomic mass is 10.1. The summed E-state index contributed by atoms with van der Waals surface area (Å²) >= 11 is 0. The molecule has 0 saturated carbocycles. The average molecular weight is 499 g/mol. The van der Waals surface area contributed by atoms with Gasteiger partial charge in [0.05, 0.1) is 30.1 Å². The lowest BCUT2D eigenvalue weighted by Gasteiger charge is -2.19. The van der Waals surface area contributed by atoms with Crippen LogP contribution in [0, 0.1) is 5.82 Å². The molecular weight excluding hydrogens is 475 g/mol. The molecule has 12 heteroatoms. The maximum atomic E-state index is 14.1. The minimum atomic E-state index is -3.69. The molecule has 0 aliphatic heterocycles. The molecule has 0 aliphatic carbocycles. The van der Waals surface area contributed by atoms with Gasteiger partial charge in [-0.05, 0) is 56.4 Å². The molecule has 0 unspecified atom stereocenters. The van der Waals surface area contributed by atoms with E-state index in [-0.39, 0.29) is 16.5 Å². The first-order valence-electron chi connectivity index (χ1n) is 10.4. The lowest BCUT2D eigenvalue weighted by Crippen LogP contribution is -2.18. The normalized spacial score (nSPS) is 12.3. The van der Waals surface area contributed by atoms with Crippen LogP contribution < -0.4 is 19.9 Å². The van der Waals surface area contributed by atoms with Crippen molar-refractivity contribution in [2.45, 2.75) is 17.9 Å². The highest BCUT2D eigenvalue weighted by Gasteiger charge is 2.20. The first-order valence-corrected chi connectivity index (χ1v) is 11.9. The number of benzene rings is 2. The monoisotopic (exact) mass is 498 g/mol. The number of halogens is 1. The number of hydrogen-bond acceptors (Lipinski definition) is 8. The molecule has 0 fully saturated rings. The summed E-state index contributed by atoms with van der Waals surface area (Å²) < 4.78 is 52.5. The van der Waals surface area contributed by atoms with Crippen molar-refractivity contribution in [3.8, 4) is 28.3 Å². The van der Waals surface area contributed by atoms with Crippen LogP contribution in [0.4, 0.5) is 10.2 Å². The van der Waals surface area contributed by atoms with Crippen LogP contribution in [0.5, 0.6) is 11.5 Å². The fourth-order valence-corrected chi connectivity index (χ4v) is 4.28. The zero-order chi connectivity index (χ0) is 25.2. The molecule has 1 atom stereocenters. The molecule has 0 aliphatic rings. The lowest BCUT2D eigenvalue weighted by molar-refractivity contribution is 0.226. The van der Waals surface area contributed by atoms with Gasteiger partial charge in [0.15, 0.2) is 11.6 Å². The maximum absolute atomic E-state index is 14.1. The number of anilines is 1. The highest BCUT2D eigenvalue weighted by Crippen LogP contribution is 2.36. The van der Waals surface area contributed by atoms with E-state index >= 15 is 0 Å². The zero-order valence-electron chi connectivity index (χ0n) is 19.1. The average Bonchev–Trinajstić information content (AvgIpc) is 3.39. The topological polar surface area (TPSA) is 134 Å². The smallest absolute Gasteiger partial charge is 0.240 e. The number of sulfonamides is 1. The summed E-state index contributed by atoms with van der Waals surface area (Å²) in [5, 5.41) is 8.23. The number of methoxy groups -OCH3 is 1. The second-order valence-corrected chi connectivity index (χ2v) is 9.35. The van der Waals surface area contributed by atoms with E-state index in [1.165, 1.54) is 61.8 Å². The van der Waals surface area contributed by atoms with E-state index in [0.29, 0.717) is 28.1 Å². The molecule has 0 spiro atoms. The molecule has 4 rings (SSSR count). The van der Waals surface area contributed by atoms with E-state index in [4.69, 9.17) is 15.2 Å². The summed E-state index contributed by atoms with van der Waals surface area (Å²) in [6.07, 6.45) is 3.85. The van der Waals surface area contributed by atoms with Gasteiger partial charge in [0.2, 0.25) is 10.0 Å². The number of nitrogens with one attached hydrogen (secondary N) is 1. The molecular formula is C23H23FN6O4S. The summed E-state index contributed by atoms with van der Waals surface area (Å²) in [4.78, 5) is 5.63. The van der Waals surface area contributed by atoms with E-state index in [9.17, 15) is 12.8 Å². The third-order valence-electron chi connectivity index (χ3n) is 5.31. The van der Waals surface area contributed by atoms with Gasteiger partial charge in [-0.2, -0.15) is 15.0 Å². The van der Waals surface area contributed by atoms with Crippen molar-refractivity contribution >= 4 is 15.8 Å². The molecule has 2 heterocycles. The van der Waals surface area contributed by atoms with E-state index < -0.39 is 21.9 Å². The van der Waals surface area contributed by atoms with Crippen LogP contribution in [0.3, 0.4) is 0 Å². The van der Waals surface area contributed by atoms with Crippen LogP contribution in [0.2, 0.25) is 0 Å². The Morgan fingerprint density at radius 3 is 2.51 bits per heavy atom. The third-order valence-corrected chi connectivity index (χ3v) is 6.72. The van der Waals surface area contributed by atoms with Crippen molar-refractivity contribution in [1.82, 2.24) is 24.7 Å². The summed E-state index contributed by atoms with van der Waals surface area (Å²) in [6.45, 7) is 1.73. The van der Waals surface area contributed by atoms with Crippen molar-refractivity contribution in [3.05, 3.63) is 72.4 Å². The summed E-state index contributed by atoms with van der Waals surface area (Å²) in [6, 6.07) is 10.3. The van der Waals surface area contributed by atoms with Gasteiger partial charge in [0, 0.05) is 22.9 Å². The van der Waals surface area contributed by atoms with Gasteiger partial charge >= 0.3 is 0 Å². The second kappa shape index (κ2) is 9.68. The Labute approximate surface area is 201 Å². The van der Waals surface area contributed by atoms with Gasteiger partial charge in [-0.3, -0.25) is 0 Å². The number of nitrogen functional groups attached to an aromatic ring is 1. The largest absolute Gasteiger partial charge is 0.496 e. The molecule has 10 nitrogen and oxygen atoms in total. The van der Waals surface area contributed by atoms with Crippen molar-refractivity contribution in [3.63, 3.8) is 0 Å². The van der Waals surface area contributed by atoms with Crippen LogP contribution in [0.15, 0.2) is 66.0 Å². The first kappa shape index (κ1) is 24.1. The Balaban J connectivity index is 1.74. The number of ether oxygens (including phenoxy) is 2. The van der Waals surface area contributed by atoms with E-state index in [1.807, 2.05) is 0 Å². The van der Waals surface area contributed by atoms with E-state index in [2.05, 4.69) is 19.9 Å². The number of pyridine rings is 1. The van der Waals surface area contributed by atoms with E-state index in [1.54, 1.807) is 25.1 Å². The Morgan fingerprint density at radius 2 is 1.83 bits per heavy atom. The number of nitrogens with two attached hydrogens (primary N) is 1. The summed E-state index contributed by atoms with van der Waals surface area (Å²) in [5.74, 6) is 0.317. The van der Waals surface area contributed by atoms with Gasteiger partial charge in [0.1, 0.15) is 17.7 Å². The highest BCUT2D eigenvalue weighted by molar-refractivity contribution is 7.89. The highest BCUT2D eigenvalue weighted by atomic mass is 32.2. The fraction of sp³-hybridized carbons (Fsp3) is 0.174. The van der Waals surface area contributed by atoms with Gasteiger partial charge < -0.3 is 15.2 Å². The van der Waals surface area contributed by atoms with Gasteiger partial charge in [0.25, 0.3) is 0 Å². The van der Waals surface area contributed by atoms with E-state index in [0.717, 1.165) is 0 Å². The molecule has 0 amide bonds. The van der Waals surface area contributed by atoms with Crippen LogP contribution in [-0.4, -0.2) is 42.6 Å². The van der Waals surface area contributed by atoms with Gasteiger partial charge in [-0.15, -0.1) is 0 Å². The van der Waals surface area contributed by atoms with Crippen LogP contribution in [0.25, 0.3) is 16.8 Å². The predicted octanol–water partition coefficient (Wildman–Crippen LogP) is 3.11. The van der Waals surface area contributed by atoms with Crippen molar-refractivity contribution < 1.29 is 22.3 Å². The number of rotatable bonds is 8. The molecule has 35 heavy (non-hydrogen) atoms. The molecule has 2 aromatic heterocycles.